The number of benzene rings is 4. The molecule has 28 heavy (non-hydrogen) atoms. The first-order chi connectivity index (χ1) is 13.9. The quantitative estimate of drug-likeness (QED) is 0.287. The van der Waals surface area contributed by atoms with Crippen LogP contribution in [0.4, 0.5) is 5.69 Å². The van der Waals surface area contributed by atoms with Crippen LogP contribution in [0.2, 0.25) is 0 Å². The Morgan fingerprint density at radius 2 is 1.61 bits per heavy atom. The lowest BCUT2D eigenvalue weighted by atomic mass is 9.37. The maximum atomic E-state index is 7.47. The van der Waals surface area contributed by atoms with E-state index in [2.05, 4.69) is 82.2 Å². The van der Waals surface area contributed by atoms with E-state index in [-0.39, 0.29) is 6.71 Å². The zero-order valence-corrected chi connectivity index (χ0v) is 15.0. The summed E-state index contributed by atoms with van der Waals surface area (Å²) in [4.78, 5) is 3.69. The number of nitrogens with zero attached hydrogens (tertiary/aromatic N) is 2. The average Bonchev–Trinajstić information content (AvgIpc) is 3.27. The molecule has 0 radical (unpaired) electrons. The number of rotatable bonds is 0. The Labute approximate surface area is 162 Å². The van der Waals surface area contributed by atoms with Crippen LogP contribution in [0.3, 0.4) is 0 Å². The number of aromatic nitrogens is 1. The highest BCUT2D eigenvalue weighted by Crippen LogP contribution is 2.37. The highest BCUT2D eigenvalue weighted by atomic mass is 15.0. The molecule has 1 aromatic heterocycles. The summed E-state index contributed by atoms with van der Waals surface area (Å²) in [5.41, 5.74) is 11.1. The SMILES string of the molecule is [C-]#[N+]c1ccc2c(c1)B1c3c-2cccc3-n2c3ccccc3c3cccc1c32. The molecule has 2 aliphatic rings. The molecule has 5 aromatic rings. The first-order valence-corrected chi connectivity index (χ1v) is 9.54. The minimum atomic E-state index is 0.198. The summed E-state index contributed by atoms with van der Waals surface area (Å²) >= 11 is 0. The highest BCUT2D eigenvalue weighted by Gasteiger charge is 2.40. The van der Waals surface area contributed by atoms with E-state index in [4.69, 9.17) is 6.57 Å². The Kier molecular flexibility index (Phi) is 2.42. The van der Waals surface area contributed by atoms with E-state index in [0.717, 1.165) is 0 Å². The van der Waals surface area contributed by atoms with Crippen LogP contribution in [0.25, 0.3) is 43.5 Å². The first kappa shape index (κ1) is 14.3. The maximum Gasteiger partial charge on any atom is 0.246 e. The third kappa shape index (κ3) is 1.48. The molecule has 0 atom stereocenters. The van der Waals surface area contributed by atoms with Gasteiger partial charge in [0.1, 0.15) is 0 Å². The summed E-state index contributed by atoms with van der Waals surface area (Å²) in [6.07, 6.45) is 0. The molecule has 0 saturated carbocycles. The van der Waals surface area contributed by atoms with Crippen LogP contribution in [0, 0.1) is 6.57 Å². The fraction of sp³-hybridized carbons (Fsp3) is 0. The van der Waals surface area contributed by atoms with Gasteiger partial charge in [0.15, 0.2) is 5.69 Å². The van der Waals surface area contributed by atoms with Crippen LogP contribution in [0.15, 0.2) is 78.9 Å². The molecular weight excluding hydrogens is 339 g/mol. The molecule has 3 heterocycles. The molecule has 0 aliphatic carbocycles. The van der Waals surface area contributed by atoms with Gasteiger partial charge < -0.3 is 4.57 Å². The van der Waals surface area contributed by atoms with Gasteiger partial charge >= 0.3 is 0 Å². The van der Waals surface area contributed by atoms with E-state index in [1.54, 1.807) is 0 Å². The summed E-state index contributed by atoms with van der Waals surface area (Å²) < 4.78 is 2.44. The lowest BCUT2D eigenvalue weighted by molar-refractivity contribution is 1.19. The van der Waals surface area contributed by atoms with E-state index in [1.807, 2.05) is 6.07 Å². The lowest BCUT2D eigenvalue weighted by Crippen LogP contribution is -2.53. The molecule has 4 aromatic carbocycles. The number of para-hydroxylation sites is 2. The lowest BCUT2D eigenvalue weighted by Gasteiger charge is -2.24. The average molecular weight is 352 g/mol. The van der Waals surface area contributed by atoms with Crippen molar-refractivity contribution in [3.63, 3.8) is 0 Å². The van der Waals surface area contributed by atoms with Crippen LogP contribution in [-0.4, -0.2) is 11.3 Å². The second-order valence-corrected chi connectivity index (χ2v) is 7.65. The van der Waals surface area contributed by atoms with Gasteiger partial charge in [-0.15, -0.1) is 0 Å². The van der Waals surface area contributed by atoms with Crippen molar-refractivity contribution in [1.82, 2.24) is 4.57 Å². The molecular formula is C25H13BN2. The standard InChI is InChI=1S/C25H13BN2/c1-27-15-12-13-16-18-7-5-11-23-24(18)26(21(16)14-15)20-9-4-8-19-17-6-2-3-10-22(17)28(23)25(19)20/h2-14H. The third-order valence-corrected chi connectivity index (χ3v) is 6.42. The van der Waals surface area contributed by atoms with Gasteiger partial charge in [0.05, 0.1) is 12.1 Å². The van der Waals surface area contributed by atoms with Gasteiger partial charge in [0.25, 0.3) is 0 Å². The molecule has 0 unspecified atom stereocenters. The van der Waals surface area contributed by atoms with Gasteiger partial charge in [-0.1, -0.05) is 72.2 Å². The monoisotopic (exact) mass is 352 g/mol. The molecule has 0 saturated heterocycles. The molecule has 0 spiro atoms. The highest BCUT2D eigenvalue weighted by molar-refractivity contribution is 7.01. The maximum absolute atomic E-state index is 7.47. The van der Waals surface area contributed by atoms with Crippen molar-refractivity contribution < 1.29 is 0 Å². The third-order valence-electron chi connectivity index (χ3n) is 6.42. The van der Waals surface area contributed by atoms with E-state index in [1.165, 1.54) is 55.0 Å². The second-order valence-electron chi connectivity index (χ2n) is 7.65. The van der Waals surface area contributed by atoms with Gasteiger partial charge in [-0.25, -0.2) is 4.85 Å². The summed E-state index contributed by atoms with van der Waals surface area (Å²) in [6, 6.07) is 28.2. The van der Waals surface area contributed by atoms with Crippen molar-refractivity contribution in [3.8, 4) is 16.8 Å². The van der Waals surface area contributed by atoms with E-state index in [9.17, 15) is 0 Å². The number of hydrogen-bond acceptors (Lipinski definition) is 0. The fourth-order valence-electron chi connectivity index (χ4n) is 5.40. The predicted molar refractivity (Wildman–Crippen MR) is 117 cm³/mol. The molecule has 2 nitrogen and oxygen atoms in total. The van der Waals surface area contributed by atoms with Crippen molar-refractivity contribution in [2.75, 3.05) is 0 Å². The Bertz CT molecular complexity index is 1530. The van der Waals surface area contributed by atoms with Crippen molar-refractivity contribution in [2.24, 2.45) is 0 Å². The minimum absolute atomic E-state index is 0.198. The molecule has 7 rings (SSSR count). The smallest absolute Gasteiger partial charge is 0.246 e. The van der Waals surface area contributed by atoms with Crippen LogP contribution in [-0.2, 0) is 0 Å². The summed E-state index contributed by atoms with van der Waals surface area (Å²) in [6.45, 7) is 7.67. The largest absolute Gasteiger partial charge is 0.310 e. The second kappa shape index (κ2) is 4.74. The Morgan fingerprint density at radius 1 is 0.750 bits per heavy atom. The Hall–Kier alpha value is -3.77. The normalized spacial score (nSPS) is 12.9. The molecule has 0 N–H and O–H groups in total. The summed E-state index contributed by atoms with van der Waals surface area (Å²) in [5, 5.41) is 2.60. The van der Waals surface area contributed by atoms with Crippen molar-refractivity contribution in [1.29, 1.82) is 0 Å². The van der Waals surface area contributed by atoms with Gasteiger partial charge in [-0.3, -0.25) is 0 Å². The predicted octanol–water partition coefficient (Wildman–Crippen LogP) is 4.14. The zero-order chi connectivity index (χ0) is 18.4. The fourth-order valence-corrected chi connectivity index (χ4v) is 5.40. The van der Waals surface area contributed by atoms with Crippen molar-refractivity contribution in [2.45, 2.75) is 0 Å². The Balaban J connectivity index is 1.74. The first-order valence-electron chi connectivity index (χ1n) is 9.54. The molecule has 2 aliphatic heterocycles. The molecule has 126 valence electrons. The van der Waals surface area contributed by atoms with Gasteiger partial charge in [-0.05, 0) is 34.2 Å². The van der Waals surface area contributed by atoms with Crippen LogP contribution in [0.5, 0.6) is 0 Å². The van der Waals surface area contributed by atoms with E-state index in [0.29, 0.717) is 5.69 Å². The van der Waals surface area contributed by atoms with Gasteiger partial charge in [0.2, 0.25) is 6.71 Å². The van der Waals surface area contributed by atoms with Crippen LogP contribution < -0.4 is 16.4 Å². The molecule has 3 heteroatoms. The topological polar surface area (TPSA) is 9.29 Å². The van der Waals surface area contributed by atoms with E-state index >= 15 is 0 Å². The van der Waals surface area contributed by atoms with Crippen molar-refractivity contribution in [3.05, 3.63) is 90.3 Å². The van der Waals surface area contributed by atoms with E-state index < -0.39 is 0 Å². The molecule has 0 fully saturated rings. The Morgan fingerprint density at radius 3 is 2.54 bits per heavy atom. The van der Waals surface area contributed by atoms with Crippen molar-refractivity contribution >= 4 is 50.6 Å². The number of hydrogen-bond donors (Lipinski definition) is 0. The molecule has 0 bridgehead atoms. The van der Waals surface area contributed by atoms with Crippen LogP contribution in [0.1, 0.15) is 0 Å². The number of fused-ring (bicyclic) bond motifs is 8. The minimum Gasteiger partial charge on any atom is -0.310 e. The summed E-state index contributed by atoms with van der Waals surface area (Å²) in [5.74, 6) is 0. The summed E-state index contributed by atoms with van der Waals surface area (Å²) in [7, 11) is 0. The van der Waals surface area contributed by atoms with Crippen LogP contribution >= 0.6 is 0 Å². The van der Waals surface area contributed by atoms with Gasteiger partial charge in [-0.2, -0.15) is 0 Å². The van der Waals surface area contributed by atoms with Gasteiger partial charge in [0, 0.05) is 22.0 Å². The molecule has 0 amide bonds. The zero-order valence-electron chi connectivity index (χ0n) is 15.0.